The minimum absolute atomic E-state index is 0.244. The van der Waals surface area contributed by atoms with Crippen LogP contribution in [0.5, 0.6) is 0 Å². The highest BCUT2D eigenvalue weighted by atomic mass is 32.1. The van der Waals surface area contributed by atoms with Crippen LogP contribution in [-0.4, -0.2) is 16.2 Å². The van der Waals surface area contributed by atoms with Crippen molar-refractivity contribution >= 4 is 28.2 Å². The molecule has 0 saturated carbocycles. The second-order valence-electron chi connectivity index (χ2n) is 5.04. The summed E-state index contributed by atoms with van der Waals surface area (Å²) in [6, 6.07) is 7.24. The number of hydrogen-bond acceptors (Lipinski definition) is 5. The van der Waals surface area contributed by atoms with E-state index in [0.717, 1.165) is 11.3 Å². The highest BCUT2D eigenvalue weighted by molar-refractivity contribution is 7.15. The van der Waals surface area contributed by atoms with E-state index in [1.807, 2.05) is 31.2 Å². The second-order valence-corrected chi connectivity index (χ2v) is 6.08. The van der Waals surface area contributed by atoms with Crippen LogP contribution in [0.3, 0.4) is 0 Å². The first-order valence-corrected chi connectivity index (χ1v) is 7.54. The van der Waals surface area contributed by atoms with Crippen LogP contribution in [0, 0.1) is 0 Å². The Labute approximate surface area is 127 Å². The van der Waals surface area contributed by atoms with Gasteiger partial charge in [0.2, 0.25) is 5.13 Å². The maximum Gasteiger partial charge on any atom is 0.319 e. The van der Waals surface area contributed by atoms with Crippen LogP contribution in [-0.2, 0) is 0 Å². The molecule has 2 aromatic rings. The van der Waals surface area contributed by atoms with E-state index in [2.05, 4.69) is 34.7 Å². The summed E-state index contributed by atoms with van der Waals surface area (Å²) in [5, 5.41) is 14.4. The molecule has 0 radical (unpaired) electrons. The summed E-state index contributed by atoms with van der Waals surface area (Å²) in [5.74, 6) is 0.335. The maximum atomic E-state index is 12.1. The molecule has 0 aliphatic carbocycles. The molecule has 112 valence electrons. The Hall–Kier alpha value is -2.15. The van der Waals surface area contributed by atoms with Gasteiger partial charge in [0.05, 0.1) is 6.04 Å². The highest BCUT2D eigenvalue weighted by Gasteiger charge is 2.15. The normalized spacial score (nSPS) is 12.2. The van der Waals surface area contributed by atoms with Crippen LogP contribution in [0.1, 0.15) is 43.3 Å². The van der Waals surface area contributed by atoms with Gasteiger partial charge in [-0.3, -0.25) is 0 Å². The molecule has 2 amide bonds. The number of aromatic nitrogens is 2. The van der Waals surface area contributed by atoms with E-state index in [9.17, 15) is 4.79 Å². The third kappa shape index (κ3) is 3.91. The van der Waals surface area contributed by atoms with Gasteiger partial charge in [-0.1, -0.05) is 43.4 Å². The van der Waals surface area contributed by atoms with Gasteiger partial charge in [-0.25, -0.2) is 4.79 Å². The first kappa shape index (κ1) is 15.2. The number of nitrogens with one attached hydrogen (secondary N) is 2. The molecule has 0 fully saturated rings. The zero-order chi connectivity index (χ0) is 15.4. The lowest BCUT2D eigenvalue weighted by atomic mass is 10.0. The Morgan fingerprint density at radius 1 is 1.24 bits per heavy atom. The van der Waals surface area contributed by atoms with Gasteiger partial charge < -0.3 is 16.4 Å². The highest BCUT2D eigenvalue weighted by Crippen LogP contribution is 2.24. The van der Waals surface area contributed by atoms with Gasteiger partial charge in [0.1, 0.15) is 5.01 Å². The van der Waals surface area contributed by atoms with Gasteiger partial charge in [-0.15, -0.1) is 10.2 Å². The monoisotopic (exact) mass is 305 g/mol. The van der Waals surface area contributed by atoms with Crippen LogP contribution in [0.25, 0.3) is 0 Å². The molecule has 1 unspecified atom stereocenters. The quantitative estimate of drug-likeness (QED) is 0.809. The number of amides is 2. The van der Waals surface area contributed by atoms with Crippen molar-refractivity contribution in [3.05, 3.63) is 34.8 Å². The van der Waals surface area contributed by atoms with Crippen molar-refractivity contribution in [2.75, 3.05) is 11.1 Å². The fourth-order valence-corrected chi connectivity index (χ4v) is 2.57. The lowest BCUT2D eigenvalue weighted by molar-refractivity contribution is 0.249. The van der Waals surface area contributed by atoms with Crippen molar-refractivity contribution < 1.29 is 4.79 Å². The van der Waals surface area contributed by atoms with Crippen LogP contribution >= 0.6 is 11.3 Å². The van der Waals surface area contributed by atoms with E-state index in [1.54, 1.807) is 0 Å². The van der Waals surface area contributed by atoms with E-state index in [4.69, 9.17) is 5.73 Å². The third-order valence-corrected chi connectivity index (χ3v) is 3.94. The number of hydrogen-bond donors (Lipinski definition) is 3. The Morgan fingerprint density at radius 3 is 2.57 bits per heavy atom. The predicted octanol–water partition coefficient (Wildman–Crippen LogP) is 3.13. The number of carbonyl (C=O) groups is 1. The molecule has 1 heterocycles. The molecule has 7 heteroatoms. The largest absolute Gasteiger partial charge is 0.374 e. The lowest BCUT2D eigenvalue weighted by Crippen LogP contribution is -2.31. The Morgan fingerprint density at radius 2 is 1.95 bits per heavy atom. The number of nitrogen functional groups attached to an aromatic ring is 1. The maximum absolute atomic E-state index is 12.1. The summed E-state index contributed by atoms with van der Waals surface area (Å²) in [6.45, 7) is 6.02. The summed E-state index contributed by atoms with van der Waals surface area (Å²) < 4.78 is 0. The fourth-order valence-electron chi connectivity index (χ4n) is 1.95. The molecule has 6 nitrogen and oxygen atoms in total. The summed E-state index contributed by atoms with van der Waals surface area (Å²) >= 11 is 1.27. The Bertz CT molecular complexity index is 625. The fraction of sp³-hybridized carbons (Fsp3) is 0.357. The zero-order valence-corrected chi connectivity index (χ0v) is 13.1. The lowest BCUT2D eigenvalue weighted by Gasteiger charge is -2.16. The summed E-state index contributed by atoms with van der Waals surface area (Å²) in [4.78, 5) is 12.1. The van der Waals surface area contributed by atoms with E-state index in [0.29, 0.717) is 16.1 Å². The topological polar surface area (TPSA) is 92.9 Å². The molecule has 0 aliphatic rings. The molecule has 0 saturated heterocycles. The molecule has 0 spiro atoms. The zero-order valence-electron chi connectivity index (χ0n) is 12.3. The average molecular weight is 305 g/mol. The van der Waals surface area contributed by atoms with Crippen molar-refractivity contribution in [1.82, 2.24) is 15.5 Å². The van der Waals surface area contributed by atoms with Gasteiger partial charge in [0.25, 0.3) is 0 Å². The molecule has 0 aliphatic heterocycles. The van der Waals surface area contributed by atoms with E-state index < -0.39 is 0 Å². The minimum atomic E-state index is -0.274. The molecule has 1 aromatic heterocycles. The summed E-state index contributed by atoms with van der Waals surface area (Å²) in [7, 11) is 0. The van der Waals surface area contributed by atoms with E-state index >= 15 is 0 Å². The molecule has 1 atom stereocenters. The number of anilines is 2. The van der Waals surface area contributed by atoms with Crippen molar-refractivity contribution in [2.45, 2.75) is 32.7 Å². The van der Waals surface area contributed by atoms with Gasteiger partial charge in [0.15, 0.2) is 0 Å². The van der Waals surface area contributed by atoms with Gasteiger partial charge in [-0.05, 0) is 24.5 Å². The first-order valence-electron chi connectivity index (χ1n) is 6.72. The predicted molar refractivity (Wildman–Crippen MR) is 85.4 cm³/mol. The van der Waals surface area contributed by atoms with Gasteiger partial charge in [0, 0.05) is 5.69 Å². The van der Waals surface area contributed by atoms with Crippen LogP contribution in [0.15, 0.2) is 24.3 Å². The molecular weight excluding hydrogens is 286 g/mol. The average Bonchev–Trinajstić information content (AvgIpc) is 2.85. The van der Waals surface area contributed by atoms with Crippen LogP contribution in [0.4, 0.5) is 15.6 Å². The first-order chi connectivity index (χ1) is 9.97. The molecular formula is C14H19N5OS. The Kier molecular flexibility index (Phi) is 4.74. The number of urea groups is 1. The number of nitrogens with zero attached hydrogens (tertiary/aromatic N) is 2. The van der Waals surface area contributed by atoms with E-state index in [-0.39, 0.29) is 12.1 Å². The second kappa shape index (κ2) is 6.53. The van der Waals surface area contributed by atoms with Crippen molar-refractivity contribution in [3.63, 3.8) is 0 Å². The number of rotatable bonds is 4. The minimum Gasteiger partial charge on any atom is -0.374 e. The third-order valence-electron chi connectivity index (χ3n) is 3.01. The van der Waals surface area contributed by atoms with Gasteiger partial charge in [-0.2, -0.15) is 0 Å². The van der Waals surface area contributed by atoms with Crippen LogP contribution in [0.2, 0.25) is 0 Å². The Balaban J connectivity index is 2.02. The standard InChI is InChI=1S/C14H19N5OS/c1-8(2)10-6-4-5-7-11(10)17-14(20)16-9(3)12-18-19-13(15)21-12/h4-9H,1-3H3,(H2,15,19)(H2,16,17,20). The van der Waals surface area contributed by atoms with Gasteiger partial charge >= 0.3 is 6.03 Å². The number of benzene rings is 1. The summed E-state index contributed by atoms with van der Waals surface area (Å²) in [5.41, 5.74) is 7.45. The van der Waals surface area contributed by atoms with E-state index in [1.165, 1.54) is 11.3 Å². The molecule has 21 heavy (non-hydrogen) atoms. The molecule has 0 bridgehead atoms. The SMILES string of the molecule is CC(C)c1ccccc1NC(=O)NC(C)c1nnc(N)s1. The van der Waals surface area contributed by atoms with Crippen molar-refractivity contribution in [2.24, 2.45) is 0 Å². The molecule has 2 rings (SSSR count). The number of carbonyl (C=O) groups excluding carboxylic acids is 1. The molecule has 1 aromatic carbocycles. The molecule has 4 N–H and O–H groups in total. The smallest absolute Gasteiger partial charge is 0.319 e. The van der Waals surface area contributed by atoms with Crippen molar-refractivity contribution in [1.29, 1.82) is 0 Å². The number of nitrogens with two attached hydrogens (primary N) is 1. The number of para-hydroxylation sites is 1. The van der Waals surface area contributed by atoms with Crippen LogP contribution < -0.4 is 16.4 Å². The van der Waals surface area contributed by atoms with Crippen molar-refractivity contribution in [3.8, 4) is 0 Å². The summed E-state index contributed by atoms with van der Waals surface area (Å²) in [6.07, 6.45) is 0.